The summed E-state index contributed by atoms with van der Waals surface area (Å²) in [5.74, 6) is 0.663. The number of anilines is 3. The van der Waals surface area contributed by atoms with E-state index in [1.54, 1.807) is 18.5 Å². The van der Waals surface area contributed by atoms with E-state index in [-0.39, 0.29) is 5.02 Å². The number of rotatable bonds is 8. The highest BCUT2D eigenvalue weighted by Crippen LogP contribution is 2.27. The third-order valence-corrected chi connectivity index (χ3v) is 4.26. The highest BCUT2D eigenvalue weighted by molar-refractivity contribution is 6.33. The summed E-state index contributed by atoms with van der Waals surface area (Å²) in [4.78, 5) is 15.4. The molecule has 6 nitrogen and oxygen atoms in total. The number of benzene rings is 1. The molecular formula is C20H22ClFN6. The summed E-state index contributed by atoms with van der Waals surface area (Å²) in [7, 11) is 4.07. The summed E-state index contributed by atoms with van der Waals surface area (Å²) in [6, 6.07) is 9.77. The van der Waals surface area contributed by atoms with Crippen molar-refractivity contribution >= 4 is 29.1 Å². The molecule has 28 heavy (non-hydrogen) atoms. The van der Waals surface area contributed by atoms with Crippen molar-refractivity contribution in [2.24, 2.45) is 0 Å². The number of nitrogens with one attached hydrogen (secondary N) is 2. The first-order valence-electron chi connectivity index (χ1n) is 8.91. The molecule has 3 rings (SSSR count). The van der Waals surface area contributed by atoms with Crippen LogP contribution >= 0.6 is 11.6 Å². The van der Waals surface area contributed by atoms with Gasteiger partial charge in [0.15, 0.2) is 0 Å². The molecule has 2 N–H and O–H groups in total. The van der Waals surface area contributed by atoms with Gasteiger partial charge in [-0.05, 0) is 57.4 Å². The van der Waals surface area contributed by atoms with Crippen molar-refractivity contribution in [3.05, 3.63) is 59.6 Å². The van der Waals surface area contributed by atoms with Gasteiger partial charge in [-0.25, -0.2) is 9.37 Å². The predicted octanol–water partition coefficient (Wildman–Crippen LogP) is 4.44. The van der Waals surface area contributed by atoms with Crippen LogP contribution in [0.3, 0.4) is 0 Å². The van der Waals surface area contributed by atoms with Gasteiger partial charge in [0.2, 0.25) is 5.95 Å². The molecule has 0 aliphatic carbocycles. The second-order valence-electron chi connectivity index (χ2n) is 6.54. The normalized spacial score (nSPS) is 10.9. The maximum absolute atomic E-state index is 13.3. The number of aromatic nitrogens is 3. The SMILES string of the molecule is CN(C)CCCNc1nc(Nc2ccc(F)cc2Cl)cc(-c2cccnc2)n1. The zero-order valence-corrected chi connectivity index (χ0v) is 16.5. The van der Waals surface area contributed by atoms with Crippen molar-refractivity contribution in [3.63, 3.8) is 0 Å². The number of hydrogen-bond donors (Lipinski definition) is 2. The topological polar surface area (TPSA) is 66.0 Å². The van der Waals surface area contributed by atoms with Crippen LogP contribution in [0.15, 0.2) is 48.8 Å². The van der Waals surface area contributed by atoms with Gasteiger partial charge in [0.25, 0.3) is 0 Å². The minimum absolute atomic E-state index is 0.280. The van der Waals surface area contributed by atoms with Crippen molar-refractivity contribution in [1.82, 2.24) is 19.9 Å². The molecule has 0 amide bonds. The molecule has 0 spiro atoms. The Morgan fingerprint density at radius 1 is 1.14 bits per heavy atom. The molecule has 0 atom stereocenters. The summed E-state index contributed by atoms with van der Waals surface area (Å²) in [6.07, 6.45) is 4.41. The van der Waals surface area contributed by atoms with Crippen molar-refractivity contribution < 1.29 is 4.39 Å². The fourth-order valence-electron chi connectivity index (χ4n) is 2.58. The molecule has 0 bridgehead atoms. The highest BCUT2D eigenvalue weighted by atomic mass is 35.5. The number of nitrogens with zero attached hydrogens (tertiary/aromatic N) is 4. The molecule has 2 heterocycles. The first kappa shape index (κ1) is 20.0. The van der Waals surface area contributed by atoms with Crippen LogP contribution in [0.1, 0.15) is 6.42 Å². The number of pyridine rings is 1. The quantitative estimate of drug-likeness (QED) is 0.545. The second-order valence-corrected chi connectivity index (χ2v) is 6.94. The van der Waals surface area contributed by atoms with Crippen LogP contribution < -0.4 is 10.6 Å². The van der Waals surface area contributed by atoms with E-state index in [4.69, 9.17) is 11.6 Å². The van der Waals surface area contributed by atoms with E-state index in [1.807, 2.05) is 32.3 Å². The highest BCUT2D eigenvalue weighted by Gasteiger charge is 2.09. The molecular weight excluding hydrogens is 379 g/mol. The van der Waals surface area contributed by atoms with Crippen molar-refractivity contribution in [2.75, 3.05) is 37.8 Å². The fourth-order valence-corrected chi connectivity index (χ4v) is 2.79. The fraction of sp³-hybridized carbons (Fsp3) is 0.250. The maximum atomic E-state index is 13.3. The van der Waals surface area contributed by atoms with E-state index >= 15 is 0 Å². The van der Waals surface area contributed by atoms with Crippen LogP contribution in [0.5, 0.6) is 0 Å². The first-order valence-corrected chi connectivity index (χ1v) is 9.29. The Kier molecular flexibility index (Phi) is 6.73. The number of halogens is 2. The van der Waals surface area contributed by atoms with Gasteiger partial charge in [0.05, 0.1) is 16.4 Å². The monoisotopic (exact) mass is 400 g/mol. The minimum Gasteiger partial charge on any atom is -0.354 e. The van der Waals surface area contributed by atoms with E-state index < -0.39 is 5.82 Å². The van der Waals surface area contributed by atoms with Gasteiger partial charge >= 0.3 is 0 Å². The van der Waals surface area contributed by atoms with Gasteiger partial charge in [-0.2, -0.15) is 4.98 Å². The van der Waals surface area contributed by atoms with Crippen LogP contribution in [-0.2, 0) is 0 Å². The average molecular weight is 401 g/mol. The lowest BCUT2D eigenvalue weighted by atomic mass is 10.2. The smallest absolute Gasteiger partial charge is 0.225 e. The van der Waals surface area contributed by atoms with Gasteiger partial charge in [0, 0.05) is 30.6 Å². The lowest BCUT2D eigenvalue weighted by Gasteiger charge is -2.13. The Balaban J connectivity index is 1.86. The summed E-state index contributed by atoms with van der Waals surface area (Å²) >= 11 is 6.13. The number of hydrogen-bond acceptors (Lipinski definition) is 6. The van der Waals surface area contributed by atoms with E-state index in [0.29, 0.717) is 17.5 Å². The molecule has 3 aromatic rings. The lowest BCUT2D eigenvalue weighted by Crippen LogP contribution is -2.17. The van der Waals surface area contributed by atoms with Crippen LogP contribution in [0.2, 0.25) is 5.02 Å². The standard InChI is InChI=1S/C20H22ClFN6/c1-28(2)10-4-9-24-20-26-18(14-5-3-8-23-13-14)12-19(27-20)25-17-7-6-15(22)11-16(17)21/h3,5-8,11-13H,4,9-10H2,1-2H3,(H2,24,25,26,27). The van der Waals surface area contributed by atoms with Gasteiger partial charge < -0.3 is 15.5 Å². The average Bonchev–Trinajstić information content (AvgIpc) is 2.68. The third-order valence-electron chi connectivity index (χ3n) is 3.94. The van der Waals surface area contributed by atoms with E-state index in [0.717, 1.165) is 30.8 Å². The Bertz CT molecular complexity index is 920. The van der Waals surface area contributed by atoms with Crippen LogP contribution in [0, 0.1) is 5.82 Å². The Hall–Kier alpha value is -2.77. The van der Waals surface area contributed by atoms with E-state index in [2.05, 4.69) is 30.5 Å². The Morgan fingerprint density at radius 2 is 2.00 bits per heavy atom. The van der Waals surface area contributed by atoms with Gasteiger partial charge in [-0.1, -0.05) is 11.6 Å². The van der Waals surface area contributed by atoms with Crippen molar-refractivity contribution in [1.29, 1.82) is 0 Å². The van der Waals surface area contributed by atoms with Crippen molar-refractivity contribution in [2.45, 2.75) is 6.42 Å². The summed E-state index contributed by atoms with van der Waals surface area (Å²) < 4.78 is 13.3. The molecule has 1 aromatic carbocycles. The largest absolute Gasteiger partial charge is 0.354 e. The predicted molar refractivity (Wildman–Crippen MR) is 112 cm³/mol. The van der Waals surface area contributed by atoms with Crippen LogP contribution in [0.25, 0.3) is 11.3 Å². The molecule has 0 saturated heterocycles. The molecule has 0 fully saturated rings. The Morgan fingerprint density at radius 3 is 2.71 bits per heavy atom. The van der Waals surface area contributed by atoms with Gasteiger partial charge in [-0.3, -0.25) is 4.98 Å². The van der Waals surface area contributed by atoms with Crippen LogP contribution in [0.4, 0.5) is 21.8 Å². The molecule has 2 aromatic heterocycles. The molecule has 0 saturated carbocycles. The zero-order valence-electron chi connectivity index (χ0n) is 15.8. The minimum atomic E-state index is -0.391. The summed E-state index contributed by atoms with van der Waals surface area (Å²) in [5.41, 5.74) is 2.16. The maximum Gasteiger partial charge on any atom is 0.225 e. The van der Waals surface area contributed by atoms with Crippen molar-refractivity contribution in [3.8, 4) is 11.3 Å². The summed E-state index contributed by atoms with van der Waals surface area (Å²) in [5, 5.41) is 6.68. The van der Waals surface area contributed by atoms with Crippen LogP contribution in [-0.4, -0.2) is 47.0 Å². The molecule has 146 valence electrons. The van der Waals surface area contributed by atoms with E-state index in [9.17, 15) is 4.39 Å². The first-order chi connectivity index (χ1) is 13.5. The van der Waals surface area contributed by atoms with E-state index in [1.165, 1.54) is 12.1 Å². The lowest BCUT2D eigenvalue weighted by molar-refractivity contribution is 0.405. The third kappa shape index (κ3) is 5.61. The van der Waals surface area contributed by atoms with Gasteiger partial charge in [-0.15, -0.1) is 0 Å². The molecule has 8 heteroatoms. The van der Waals surface area contributed by atoms with Gasteiger partial charge in [0.1, 0.15) is 11.6 Å². The Labute approximate surface area is 168 Å². The molecule has 0 aliphatic rings. The second kappa shape index (κ2) is 9.43. The summed E-state index contributed by atoms with van der Waals surface area (Å²) in [6.45, 7) is 1.71. The molecule has 0 unspecified atom stereocenters. The molecule has 0 aliphatic heterocycles. The molecule has 0 radical (unpaired) electrons. The zero-order chi connectivity index (χ0) is 19.9.